The van der Waals surface area contributed by atoms with Crippen LogP contribution in [0.3, 0.4) is 0 Å². The van der Waals surface area contributed by atoms with Crippen LogP contribution in [0.1, 0.15) is 19.4 Å². The summed E-state index contributed by atoms with van der Waals surface area (Å²) < 4.78 is 5.48. The van der Waals surface area contributed by atoms with Crippen molar-refractivity contribution in [2.45, 2.75) is 13.8 Å². The fraction of sp³-hybridized carbons (Fsp3) is 0.167. The number of allylic oxidation sites excluding steroid dienone is 1. The molecule has 0 aromatic heterocycles. The third kappa shape index (κ3) is 5.17. The highest BCUT2D eigenvalue weighted by molar-refractivity contribution is 8.17. The number of nitrogens with zero attached hydrogens (tertiary/aromatic N) is 1. The third-order valence-electron chi connectivity index (χ3n) is 3.41. The van der Waals surface area contributed by atoms with E-state index in [9.17, 15) is 0 Å². The van der Waals surface area contributed by atoms with E-state index in [0.29, 0.717) is 11.6 Å². The number of rotatable bonds is 4. The lowest BCUT2D eigenvalue weighted by Crippen LogP contribution is -3.00. The van der Waals surface area contributed by atoms with Crippen LogP contribution in [0.15, 0.2) is 58.4 Å². The molecule has 132 valence electrons. The van der Waals surface area contributed by atoms with Crippen molar-refractivity contribution in [1.82, 2.24) is 10.9 Å². The van der Waals surface area contributed by atoms with Crippen molar-refractivity contribution in [3.05, 3.63) is 64.0 Å². The molecule has 0 saturated carbocycles. The largest absolute Gasteiger partial charge is 1.00 e. The van der Waals surface area contributed by atoms with E-state index in [1.54, 1.807) is 11.8 Å². The van der Waals surface area contributed by atoms with Crippen LogP contribution in [-0.4, -0.2) is 11.8 Å². The molecule has 0 unspecified atom stereocenters. The average Bonchev–Trinajstić information content (AvgIpc) is 2.58. The fourth-order valence-corrected chi connectivity index (χ4v) is 3.21. The van der Waals surface area contributed by atoms with Crippen molar-refractivity contribution < 1.29 is 21.7 Å². The van der Waals surface area contributed by atoms with E-state index in [-0.39, 0.29) is 17.0 Å². The van der Waals surface area contributed by atoms with Crippen LogP contribution in [0.2, 0.25) is 5.02 Å². The van der Waals surface area contributed by atoms with E-state index in [4.69, 9.17) is 16.3 Å². The first kappa shape index (κ1) is 19.7. The van der Waals surface area contributed by atoms with Crippen LogP contribution in [0.25, 0.3) is 5.70 Å². The summed E-state index contributed by atoms with van der Waals surface area (Å²) in [4.78, 5) is 5.71. The second kappa shape index (κ2) is 9.17. The molecule has 0 spiro atoms. The minimum absolute atomic E-state index is 0. The molecule has 2 aromatic rings. The first-order valence-electron chi connectivity index (χ1n) is 7.64. The molecule has 0 saturated heterocycles. The van der Waals surface area contributed by atoms with Gasteiger partial charge in [0.2, 0.25) is 0 Å². The van der Waals surface area contributed by atoms with E-state index < -0.39 is 0 Å². The Morgan fingerprint density at radius 3 is 2.32 bits per heavy atom. The Morgan fingerprint density at radius 2 is 1.72 bits per heavy atom. The van der Waals surface area contributed by atoms with Gasteiger partial charge in [0.05, 0.1) is 18.0 Å². The van der Waals surface area contributed by atoms with Crippen molar-refractivity contribution >= 4 is 39.9 Å². The van der Waals surface area contributed by atoms with Crippen molar-refractivity contribution in [1.29, 1.82) is 0 Å². The number of ether oxygens (including phenoxy) is 1. The summed E-state index contributed by atoms with van der Waals surface area (Å²) in [5, 5.41) is 1.50. The second-order valence-corrected chi connectivity index (χ2v) is 6.77. The molecule has 0 amide bonds. The molecule has 25 heavy (non-hydrogen) atoms. The predicted molar refractivity (Wildman–Crippen MR) is 103 cm³/mol. The zero-order chi connectivity index (χ0) is 16.9. The van der Waals surface area contributed by atoms with Gasteiger partial charge in [-0.15, -0.1) is 0 Å². The molecule has 0 fully saturated rings. The van der Waals surface area contributed by atoms with Gasteiger partial charge in [-0.1, -0.05) is 23.4 Å². The predicted octanol–water partition coefficient (Wildman–Crippen LogP) is 1.96. The number of aliphatic imine (C=N–C) groups is 1. The maximum absolute atomic E-state index is 5.90. The maximum Gasteiger partial charge on any atom is 0.185 e. The SMILES string of the molecule is CCOc1ccc(C2=C(C)SC(=Nc3ccc(Cl)cc3)NN2)cc1.[Br-]. The van der Waals surface area contributed by atoms with Gasteiger partial charge >= 0.3 is 0 Å². The Balaban J connectivity index is 0.00000225. The smallest absolute Gasteiger partial charge is 0.185 e. The fourth-order valence-electron chi connectivity index (χ4n) is 2.27. The first-order chi connectivity index (χ1) is 11.7. The van der Waals surface area contributed by atoms with Crippen LogP contribution in [0.4, 0.5) is 5.69 Å². The zero-order valence-corrected chi connectivity index (χ0v) is 17.0. The first-order valence-corrected chi connectivity index (χ1v) is 8.83. The van der Waals surface area contributed by atoms with Gasteiger partial charge in [-0.05, 0) is 62.4 Å². The normalized spacial score (nSPS) is 15.2. The number of hydrazine groups is 1. The molecule has 1 aliphatic heterocycles. The Hall–Kier alpha value is -1.63. The van der Waals surface area contributed by atoms with Crippen LogP contribution < -0.4 is 32.6 Å². The van der Waals surface area contributed by atoms with Crippen molar-refractivity contribution in [3.63, 3.8) is 0 Å². The summed E-state index contributed by atoms with van der Waals surface area (Å²) in [5.41, 5.74) is 9.36. The zero-order valence-electron chi connectivity index (χ0n) is 13.8. The van der Waals surface area contributed by atoms with Crippen molar-refractivity contribution in [2.75, 3.05) is 6.61 Å². The topological polar surface area (TPSA) is 45.6 Å². The third-order valence-corrected chi connectivity index (χ3v) is 4.56. The lowest BCUT2D eigenvalue weighted by molar-refractivity contribution is -0.00000533. The molecule has 4 nitrogen and oxygen atoms in total. The minimum Gasteiger partial charge on any atom is -1.00 e. The highest BCUT2D eigenvalue weighted by Gasteiger charge is 2.15. The molecule has 1 heterocycles. The van der Waals surface area contributed by atoms with E-state index in [1.807, 2.05) is 55.5 Å². The van der Waals surface area contributed by atoms with Crippen LogP contribution in [0, 0.1) is 0 Å². The summed E-state index contributed by atoms with van der Waals surface area (Å²) in [6.07, 6.45) is 0. The van der Waals surface area contributed by atoms with Crippen LogP contribution in [-0.2, 0) is 0 Å². The van der Waals surface area contributed by atoms with Crippen LogP contribution >= 0.6 is 23.4 Å². The maximum atomic E-state index is 5.90. The van der Waals surface area contributed by atoms with Crippen LogP contribution in [0.5, 0.6) is 5.75 Å². The number of halogens is 2. The van der Waals surface area contributed by atoms with Gasteiger partial charge in [0, 0.05) is 15.5 Å². The summed E-state index contributed by atoms with van der Waals surface area (Å²) in [6, 6.07) is 15.5. The van der Waals surface area contributed by atoms with E-state index in [1.165, 1.54) is 0 Å². The van der Waals surface area contributed by atoms with Gasteiger partial charge < -0.3 is 21.7 Å². The van der Waals surface area contributed by atoms with E-state index in [2.05, 4.69) is 22.8 Å². The van der Waals surface area contributed by atoms with Gasteiger partial charge in [-0.3, -0.25) is 10.9 Å². The summed E-state index contributed by atoms with van der Waals surface area (Å²) in [6.45, 7) is 4.72. The molecular formula is C18H18BrClN3OS-. The molecule has 0 atom stereocenters. The van der Waals surface area contributed by atoms with Crippen molar-refractivity contribution in [2.24, 2.45) is 4.99 Å². The number of thioether (sulfide) groups is 1. The molecule has 1 aliphatic rings. The molecule has 0 aliphatic carbocycles. The summed E-state index contributed by atoms with van der Waals surface area (Å²) in [5.74, 6) is 0.876. The molecule has 7 heteroatoms. The van der Waals surface area contributed by atoms with Gasteiger partial charge in [0.15, 0.2) is 5.17 Å². The van der Waals surface area contributed by atoms with Gasteiger partial charge in [-0.25, -0.2) is 4.99 Å². The number of amidine groups is 1. The lowest BCUT2D eigenvalue weighted by Gasteiger charge is -2.22. The van der Waals surface area contributed by atoms with Gasteiger partial charge in [-0.2, -0.15) is 0 Å². The highest BCUT2D eigenvalue weighted by atomic mass is 79.9. The van der Waals surface area contributed by atoms with Gasteiger partial charge in [0.1, 0.15) is 5.75 Å². The van der Waals surface area contributed by atoms with E-state index in [0.717, 1.165) is 32.8 Å². The number of hydrogen-bond acceptors (Lipinski definition) is 4. The molecule has 0 bridgehead atoms. The number of benzene rings is 2. The minimum atomic E-state index is 0. The Labute approximate surface area is 167 Å². The van der Waals surface area contributed by atoms with E-state index >= 15 is 0 Å². The highest BCUT2D eigenvalue weighted by Crippen LogP contribution is 2.30. The lowest BCUT2D eigenvalue weighted by atomic mass is 10.1. The molecular weight excluding hydrogens is 422 g/mol. The Bertz CT molecular complexity index is 776. The monoisotopic (exact) mass is 438 g/mol. The Kier molecular flexibility index (Phi) is 7.23. The summed E-state index contributed by atoms with van der Waals surface area (Å²) in [7, 11) is 0. The second-order valence-electron chi connectivity index (χ2n) is 5.13. The molecule has 2 aromatic carbocycles. The Morgan fingerprint density at radius 1 is 1.04 bits per heavy atom. The number of nitrogens with one attached hydrogen (secondary N) is 2. The van der Waals surface area contributed by atoms with Crippen molar-refractivity contribution in [3.8, 4) is 5.75 Å². The average molecular weight is 440 g/mol. The molecule has 0 radical (unpaired) electrons. The van der Waals surface area contributed by atoms with Gasteiger partial charge in [0.25, 0.3) is 0 Å². The quantitative estimate of drug-likeness (QED) is 0.764. The molecule has 3 rings (SSSR count). The molecule has 2 N–H and O–H groups in total. The summed E-state index contributed by atoms with van der Waals surface area (Å²) >= 11 is 7.49. The standard InChI is InChI=1S/C18H18ClN3OS.BrH/c1-3-23-16-10-4-13(5-11-16)17-12(2)24-18(22-21-17)20-15-8-6-14(19)7-9-15;/h4-11,21H,3H2,1-2H3,(H,20,22);1H/p-1. The number of hydrogen-bond donors (Lipinski definition) is 2.